The van der Waals surface area contributed by atoms with E-state index in [1.807, 2.05) is 0 Å². The Morgan fingerprint density at radius 1 is 1.12 bits per heavy atom. The first-order valence-electron chi connectivity index (χ1n) is 4.03. The Labute approximate surface area is 92.4 Å². The number of carbonyl (C=O) groups is 1. The van der Waals surface area contributed by atoms with E-state index in [0.29, 0.717) is 0 Å². The van der Waals surface area contributed by atoms with E-state index in [4.69, 9.17) is 16.7 Å². The quantitative estimate of drug-likeness (QED) is 0.502. The highest BCUT2D eigenvalue weighted by molar-refractivity contribution is 6.30. The van der Waals surface area contributed by atoms with Crippen molar-refractivity contribution < 1.29 is 27.5 Å². The highest BCUT2D eigenvalue weighted by Gasteiger charge is 2.30. The number of hydrogen-bond acceptors (Lipinski definition) is 1. The first-order valence-corrected chi connectivity index (χ1v) is 4.41. The van der Waals surface area contributed by atoms with E-state index in [2.05, 4.69) is 0 Å². The van der Waals surface area contributed by atoms with Crippen LogP contribution in [0.4, 0.5) is 17.6 Å². The number of hydrogen-bond donors (Lipinski definition) is 1. The summed E-state index contributed by atoms with van der Waals surface area (Å²) in [4.78, 5) is 10.5. The molecule has 0 heterocycles. The van der Waals surface area contributed by atoms with Gasteiger partial charge < -0.3 is 5.11 Å². The monoisotopic (exact) mass is 256 g/mol. The van der Waals surface area contributed by atoms with E-state index in [9.17, 15) is 22.4 Å². The number of aliphatic carboxylic acids is 1. The van der Waals surface area contributed by atoms with E-state index < -0.39 is 45.7 Å². The standard InChI is InChI=1S/C9H5ClF4O2/c1-2(9(15)16)3-5(11)7(13)4(10)8(14)6(3)12/h2H,1H3,(H,15,16). The van der Waals surface area contributed by atoms with Crippen LogP contribution in [0.15, 0.2) is 0 Å². The Morgan fingerprint density at radius 2 is 1.50 bits per heavy atom. The zero-order valence-electron chi connectivity index (χ0n) is 7.82. The summed E-state index contributed by atoms with van der Waals surface area (Å²) in [5, 5.41) is 7.19. The van der Waals surface area contributed by atoms with Crippen molar-refractivity contribution in [1.82, 2.24) is 0 Å². The van der Waals surface area contributed by atoms with Crippen LogP contribution in [0.1, 0.15) is 18.4 Å². The number of rotatable bonds is 2. The number of halogens is 5. The molecule has 1 unspecified atom stereocenters. The SMILES string of the molecule is CC(C(=O)O)c1c(F)c(F)c(Cl)c(F)c1F. The molecule has 2 nitrogen and oxygen atoms in total. The smallest absolute Gasteiger partial charge is 0.310 e. The van der Waals surface area contributed by atoms with Crippen molar-refractivity contribution in [3.05, 3.63) is 33.9 Å². The Morgan fingerprint density at radius 3 is 1.81 bits per heavy atom. The average molecular weight is 257 g/mol. The Balaban J connectivity index is 3.57. The van der Waals surface area contributed by atoms with Crippen LogP contribution in [-0.2, 0) is 4.79 Å². The van der Waals surface area contributed by atoms with Crippen molar-refractivity contribution in [2.45, 2.75) is 12.8 Å². The van der Waals surface area contributed by atoms with Gasteiger partial charge in [0, 0.05) is 5.56 Å². The normalized spacial score (nSPS) is 12.6. The zero-order chi connectivity index (χ0) is 12.6. The third kappa shape index (κ3) is 1.84. The Kier molecular flexibility index (Phi) is 3.42. The lowest BCUT2D eigenvalue weighted by atomic mass is 9.99. The minimum atomic E-state index is -1.80. The molecule has 0 fully saturated rings. The molecule has 1 atom stereocenters. The van der Waals surface area contributed by atoms with Crippen molar-refractivity contribution in [3.8, 4) is 0 Å². The van der Waals surface area contributed by atoms with Gasteiger partial charge in [-0.2, -0.15) is 0 Å². The molecule has 0 amide bonds. The lowest BCUT2D eigenvalue weighted by Crippen LogP contribution is -2.14. The van der Waals surface area contributed by atoms with Crippen LogP contribution >= 0.6 is 11.6 Å². The molecular weight excluding hydrogens is 252 g/mol. The molecule has 0 aliphatic heterocycles. The highest BCUT2D eigenvalue weighted by Crippen LogP contribution is 2.31. The van der Waals surface area contributed by atoms with Crippen LogP contribution in [0.3, 0.4) is 0 Å². The fourth-order valence-corrected chi connectivity index (χ4v) is 1.29. The van der Waals surface area contributed by atoms with E-state index in [-0.39, 0.29) is 0 Å². The molecule has 0 saturated carbocycles. The van der Waals surface area contributed by atoms with Gasteiger partial charge in [0.25, 0.3) is 0 Å². The third-order valence-electron chi connectivity index (χ3n) is 2.05. The molecular formula is C9H5ClF4O2. The third-order valence-corrected chi connectivity index (χ3v) is 2.38. The van der Waals surface area contributed by atoms with Crippen LogP contribution < -0.4 is 0 Å². The van der Waals surface area contributed by atoms with E-state index in [1.54, 1.807) is 0 Å². The molecule has 0 aromatic heterocycles. The van der Waals surface area contributed by atoms with Crippen molar-refractivity contribution in [3.63, 3.8) is 0 Å². The second-order valence-electron chi connectivity index (χ2n) is 3.04. The van der Waals surface area contributed by atoms with Gasteiger partial charge in [-0.25, -0.2) is 17.6 Å². The Bertz CT molecular complexity index is 432. The van der Waals surface area contributed by atoms with E-state index in [0.717, 1.165) is 6.92 Å². The van der Waals surface area contributed by atoms with Gasteiger partial charge in [0.2, 0.25) is 0 Å². The average Bonchev–Trinajstić information content (AvgIpc) is 2.23. The predicted octanol–water partition coefficient (Wildman–Crippen LogP) is 3.08. The molecule has 0 radical (unpaired) electrons. The van der Waals surface area contributed by atoms with Crippen molar-refractivity contribution in [1.29, 1.82) is 0 Å². The van der Waals surface area contributed by atoms with Crippen molar-refractivity contribution >= 4 is 17.6 Å². The maximum Gasteiger partial charge on any atom is 0.310 e. The summed E-state index contributed by atoms with van der Waals surface area (Å²) < 4.78 is 52.3. The van der Waals surface area contributed by atoms with Gasteiger partial charge in [-0.1, -0.05) is 11.6 Å². The summed E-state index contributed by atoms with van der Waals surface area (Å²) >= 11 is 4.97. The van der Waals surface area contributed by atoms with Crippen LogP contribution in [-0.4, -0.2) is 11.1 Å². The van der Waals surface area contributed by atoms with Crippen molar-refractivity contribution in [2.75, 3.05) is 0 Å². The first kappa shape index (κ1) is 12.8. The molecule has 88 valence electrons. The minimum absolute atomic E-state index is 0.899. The fourth-order valence-electron chi connectivity index (χ4n) is 1.13. The van der Waals surface area contributed by atoms with Gasteiger partial charge in [0.1, 0.15) is 5.02 Å². The predicted molar refractivity (Wildman–Crippen MR) is 47.3 cm³/mol. The molecule has 16 heavy (non-hydrogen) atoms. The number of carboxylic acids is 1. The lowest BCUT2D eigenvalue weighted by Gasteiger charge is -2.11. The molecule has 1 rings (SSSR count). The number of carboxylic acid groups (broad SMARTS) is 1. The van der Waals surface area contributed by atoms with E-state index >= 15 is 0 Å². The van der Waals surface area contributed by atoms with Crippen LogP contribution in [0, 0.1) is 23.3 Å². The molecule has 0 aliphatic carbocycles. The van der Waals surface area contributed by atoms with Gasteiger partial charge in [-0.05, 0) is 6.92 Å². The molecule has 0 spiro atoms. The maximum absolute atomic E-state index is 13.2. The van der Waals surface area contributed by atoms with Crippen molar-refractivity contribution in [2.24, 2.45) is 0 Å². The first-order chi connectivity index (χ1) is 7.29. The summed E-state index contributed by atoms with van der Waals surface area (Å²) in [6.07, 6.45) is 0. The topological polar surface area (TPSA) is 37.3 Å². The van der Waals surface area contributed by atoms with Gasteiger partial charge in [-0.3, -0.25) is 4.79 Å². The molecule has 1 aromatic carbocycles. The summed E-state index contributed by atoms with van der Waals surface area (Å²) in [6.45, 7) is 0.899. The van der Waals surface area contributed by atoms with Gasteiger partial charge in [0.15, 0.2) is 23.3 Å². The van der Waals surface area contributed by atoms with Crippen LogP contribution in [0.2, 0.25) is 5.02 Å². The molecule has 1 aromatic rings. The Hall–Kier alpha value is -1.30. The second kappa shape index (κ2) is 4.29. The molecule has 0 saturated heterocycles. The fraction of sp³-hybridized carbons (Fsp3) is 0.222. The largest absolute Gasteiger partial charge is 0.481 e. The maximum atomic E-state index is 13.2. The van der Waals surface area contributed by atoms with Gasteiger partial charge in [-0.15, -0.1) is 0 Å². The summed E-state index contributed by atoms with van der Waals surface area (Å²) in [6, 6.07) is 0. The highest BCUT2D eigenvalue weighted by atomic mass is 35.5. The van der Waals surface area contributed by atoms with Crippen LogP contribution in [0.5, 0.6) is 0 Å². The second-order valence-corrected chi connectivity index (χ2v) is 3.42. The van der Waals surface area contributed by atoms with Gasteiger partial charge in [0.05, 0.1) is 5.92 Å². The van der Waals surface area contributed by atoms with Crippen LogP contribution in [0.25, 0.3) is 0 Å². The lowest BCUT2D eigenvalue weighted by molar-refractivity contribution is -0.138. The zero-order valence-corrected chi connectivity index (χ0v) is 8.58. The van der Waals surface area contributed by atoms with E-state index in [1.165, 1.54) is 0 Å². The summed E-state index contributed by atoms with van der Waals surface area (Å²) in [5.74, 6) is -10.5. The molecule has 7 heteroatoms. The summed E-state index contributed by atoms with van der Waals surface area (Å²) in [5.41, 5.74) is -1.19. The number of benzene rings is 1. The molecule has 0 bridgehead atoms. The summed E-state index contributed by atoms with van der Waals surface area (Å²) in [7, 11) is 0. The molecule has 1 N–H and O–H groups in total. The molecule has 0 aliphatic rings. The van der Waals surface area contributed by atoms with Gasteiger partial charge >= 0.3 is 5.97 Å². The minimum Gasteiger partial charge on any atom is -0.481 e.